The van der Waals surface area contributed by atoms with E-state index in [1.54, 1.807) is 31.4 Å². The Balaban J connectivity index is 1.71. The number of carbonyl (C=O) groups is 1. The van der Waals surface area contributed by atoms with E-state index in [2.05, 4.69) is 27.9 Å². The first-order chi connectivity index (χ1) is 13.6. The largest absolute Gasteiger partial charge is 0.493 e. The number of amides is 1. The Bertz CT molecular complexity index is 943. The lowest BCUT2D eigenvalue weighted by Crippen LogP contribution is -2.12. The van der Waals surface area contributed by atoms with Crippen LogP contribution in [-0.4, -0.2) is 19.6 Å². The molecule has 28 heavy (non-hydrogen) atoms. The fourth-order valence-electron chi connectivity index (χ4n) is 2.57. The summed E-state index contributed by atoms with van der Waals surface area (Å²) in [6.45, 7) is 2.43. The summed E-state index contributed by atoms with van der Waals surface area (Å²) in [5.41, 5.74) is 1.17. The van der Waals surface area contributed by atoms with Gasteiger partial charge in [0.05, 0.1) is 17.3 Å². The second kappa shape index (κ2) is 9.45. The van der Waals surface area contributed by atoms with Gasteiger partial charge >= 0.3 is 0 Å². The summed E-state index contributed by atoms with van der Waals surface area (Å²) >= 11 is 2.14. The zero-order chi connectivity index (χ0) is 19.9. The third-order valence-corrected chi connectivity index (χ3v) is 4.67. The Labute approximate surface area is 177 Å². The molecule has 0 radical (unpaired) electrons. The summed E-state index contributed by atoms with van der Waals surface area (Å²) in [4.78, 5) is 12.6. The van der Waals surface area contributed by atoms with Gasteiger partial charge in [-0.3, -0.25) is 4.79 Å². The summed E-state index contributed by atoms with van der Waals surface area (Å²) in [5, 5.41) is 2.89. The minimum Gasteiger partial charge on any atom is -0.493 e. The van der Waals surface area contributed by atoms with Crippen LogP contribution in [0.3, 0.4) is 0 Å². The van der Waals surface area contributed by atoms with Crippen molar-refractivity contribution in [3.8, 4) is 23.0 Å². The van der Waals surface area contributed by atoms with E-state index in [0.29, 0.717) is 35.1 Å². The number of carbonyl (C=O) groups excluding carboxylic acids is 1. The predicted octanol–water partition coefficient (Wildman–Crippen LogP) is 5.74. The fraction of sp³-hybridized carbons (Fsp3) is 0.136. The molecule has 6 heteroatoms. The van der Waals surface area contributed by atoms with Gasteiger partial charge in [-0.1, -0.05) is 18.2 Å². The molecule has 0 aliphatic carbocycles. The van der Waals surface area contributed by atoms with Crippen LogP contribution in [0.2, 0.25) is 0 Å². The van der Waals surface area contributed by atoms with E-state index in [1.165, 1.54) is 0 Å². The Morgan fingerprint density at radius 3 is 2.32 bits per heavy atom. The van der Waals surface area contributed by atoms with Crippen molar-refractivity contribution in [2.45, 2.75) is 6.92 Å². The van der Waals surface area contributed by atoms with E-state index >= 15 is 0 Å². The topological polar surface area (TPSA) is 56.8 Å². The van der Waals surface area contributed by atoms with E-state index in [9.17, 15) is 4.79 Å². The van der Waals surface area contributed by atoms with Gasteiger partial charge in [0.15, 0.2) is 11.5 Å². The number of para-hydroxylation sites is 1. The predicted molar refractivity (Wildman–Crippen MR) is 118 cm³/mol. The smallest absolute Gasteiger partial charge is 0.255 e. The Kier molecular flexibility index (Phi) is 6.76. The highest BCUT2D eigenvalue weighted by Gasteiger charge is 2.15. The highest BCUT2D eigenvalue weighted by atomic mass is 127. The molecule has 1 N–H and O–H groups in total. The van der Waals surface area contributed by atoms with Crippen LogP contribution in [0.5, 0.6) is 23.0 Å². The maximum absolute atomic E-state index is 12.6. The number of benzene rings is 3. The van der Waals surface area contributed by atoms with E-state index < -0.39 is 0 Å². The van der Waals surface area contributed by atoms with Crippen LogP contribution >= 0.6 is 22.6 Å². The van der Waals surface area contributed by atoms with Crippen molar-refractivity contribution < 1.29 is 19.0 Å². The van der Waals surface area contributed by atoms with Gasteiger partial charge in [0, 0.05) is 11.3 Å². The van der Waals surface area contributed by atoms with Gasteiger partial charge in [-0.2, -0.15) is 0 Å². The molecule has 0 spiro atoms. The summed E-state index contributed by atoms with van der Waals surface area (Å²) in [5.74, 6) is 2.41. The van der Waals surface area contributed by atoms with E-state index in [0.717, 1.165) is 9.32 Å². The van der Waals surface area contributed by atoms with Crippen LogP contribution in [-0.2, 0) is 0 Å². The molecule has 0 unspecified atom stereocenters. The van der Waals surface area contributed by atoms with Crippen molar-refractivity contribution in [2.24, 2.45) is 0 Å². The molecule has 0 heterocycles. The first-order valence-electron chi connectivity index (χ1n) is 8.75. The number of hydrogen-bond donors (Lipinski definition) is 1. The first kappa shape index (κ1) is 20.0. The molecule has 0 bridgehead atoms. The number of anilines is 1. The van der Waals surface area contributed by atoms with Crippen molar-refractivity contribution >= 4 is 34.2 Å². The highest BCUT2D eigenvalue weighted by Crippen LogP contribution is 2.34. The van der Waals surface area contributed by atoms with Crippen LogP contribution in [0.4, 0.5) is 5.69 Å². The third-order valence-electron chi connectivity index (χ3n) is 3.87. The lowest BCUT2D eigenvalue weighted by Gasteiger charge is -2.13. The SMILES string of the molecule is CCOc1c(I)cc(C(=O)Nc2ccc(Oc3ccccc3)cc2)cc1OC. The van der Waals surface area contributed by atoms with E-state index in [4.69, 9.17) is 14.2 Å². The Hall–Kier alpha value is -2.74. The molecular weight excluding hydrogens is 469 g/mol. The van der Waals surface area contributed by atoms with Crippen LogP contribution in [0.15, 0.2) is 66.7 Å². The second-order valence-electron chi connectivity index (χ2n) is 5.82. The molecule has 0 aromatic heterocycles. The summed E-state index contributed by atoms with van der Waals surface area (Å²) in [7, 11) is 1.56. The molecular formula is C22H20INO4. The van der Waals surface area contributed by atoms with Crippen LogP contribution in [0.1, 0.15) is 17.3 Å². The zero-order valence-electron chi connectivity index (χ0n) is 15.6. The summed E-state index contributed by atoms with van der Waals surface area (Å²) in [6.07, 6.45) is 0. The normalized spacial score (nSPS) is 10.2. The monoisotopic (exact) mass is 489 g/mol. The molecule has 0 aliphatic heterocycles. The molecule has 144 valence electrons. The number of ether oxygens (including phenoxy) is 3. The molecule has 0 fully saturated rings. The maximum atomic E-state index is 12.6. The molecule has 0 saturated carbocycles. The van der Waals surface area contributed by atoms with Crippen molar-refractivity contribution in [3.05, 3.63) is 75.9 Å². The number of nitrogens with one attached hydrogen (secondary N) is 1. The van der Waals surface area contributed by atoms with Crippen molar-refractivity contribution in [1.82, 2.24) is 0 Å². The highest BCUT2D eigenvalue weighted by molar-refractivity contribution is 14.1. The molecule has 0 saturated heterocycles. The van der Waals surface area contributed by atoms with Crippen LogP contribution < -0.4 is 19.5 Å². The minimum absolute atomic E-state index is 0.226. The zero-order valence-corrected chi connectivity index (χ0v) is 17.7. The molecule has 3 rings (SSSR count). The van der Waals surface area contributed by atoms with Gasteiger partial charge in [-0.15, -0.1) is 0 Å². The standard InChI is InChI=1S/C22H20INO4/c1-3-27-21-19(23)13-15(14-20(21)26-2)22(25)24-16-9-11-18(12-10-16)28-17-7-5-4-6-8-17/h4-14H,3H2,1-2H3,(H,24,25). The van der Waals surface area contributed by atoms with Gasteiger partial charge < -0.3 is 19.5 Å². The van der Waals surface area contributed by atoms with E-state index in [1.807, 2.05) is 49.4 Å². The molecule has 3 aromatic carbocycles. The lowest BCUT2D eigenvalue weighted by molar-refractivity contribution is 0.102. The van der Waals surface area contributed by atoms with E-state index in [-0.39, 0.29) is 5.91 Å². The fourth-order valence-corrected chi connectivity index (χ4v) is 3.33. The van der Waals surface area contributed by atoms with Crippen molar-refractivity contribution in [3.63, 3.8) is 0 Å². The molecule has 0 atom stereocenters. The van der Waals surface area contributed by atoms with Gasteiger partial charge in [0.1, 0.15) is 11.5 Å². The van der Waals surface area contributed by atoms with Crippen LogP contribution in [0.25, 0.3) is 0 Å². The summed E-state index contributed by atoms with van der Waals surface area (Å²) < 4.78 is 17.5. The van der Waals surface area contributed by atoms with Gasteiger partial charge in [0.25, 0.3) is 5.91 Å². The quantitative estimate of drug-likeness (QED) is 0.430. The lowest BCUT2D eigenvalue weighted by atomic mass is 10.1. The summed E-state index contributed by atoms with van der Waals surface area (Å²) in [6, 6.07) is 20.2. The number of rotatable bonds is 7. The molecule has 3 aromatic rings. The van der Waals surface area contributed by atoms with Crippen molar-refractivity contribution in [1.29, 1.82) is 0 Å². The Morgan fingerprint density at radius 1 is 1.00 bits per heavy atom. The first-order valence-corrected chi connectivity index (χ1v) is 9.83. The van der Waals surface area contributed by atoms with Gasteiger partial charge in [0.2, 0.25) is 0 Å². The third kappa shape index (κ3) is 4.95. The second-order valence-corrected chi connectivity index (χ2v) is 6.98. The molecule has 5 nitrogen and oxygen atoms in total. The molecule has 1 amide bonds. The number of hydrogen-bond acceptors (Lipinski definition) is 4. The Morgan fingerprint density at radius 2 is 1.68 bits per heavy atom. The maximum Gasteiger partial charge on any atom is 0.255 e. The average molecular weight is 489 g/mol. The van der Waals surface area contributed by atoms with Crippen LogP contribution in [0, 0.1) is 3.57 Å². The van der Waals surface area contributed by atoms with Gasteiger partial charge in [-0.25, -0.2) is 0 Å². The average Bonchev–Trinajstić information content (AvgIpc) is 2.71. The van der Waals surface area contributed by atoms with Crippen molar-refractivity contribution in [2.75, 3.05) is 19.0 Å². The number of methoxy groups -OCH3 is 1. The minimum atomic E-state index is -0.226. The van der Waals surface area contributed by atoms with Gasteiger partial charge in [-0.05, 0) is 78.0 Å². The molecule has 0 aliphatic rings. The number of halogens is 1.